The highest BCUT2D eigenvalue weighted by atomic mass is 79.9. The molecule has 0 aliphatic heterocycles. The van der Waals surface area contributed by atoms with Crippen molar-refractivity contribution in [1.82, 2.24) is 5.32 Å². The third-order valence-electron chi connectivity index (χ3n) is 2.80. The van der Waals surface area contributed by atoms with Crippen LogP contribution < -0.4 is 15.4 Å². The van der Waals surface area contributed by atoms with Crippen molar-refractivity contribution in [2.24, 2.45) is 0 Å². The molecule has 0 fully saturated rings. The lowest BCUT2D eigenvalue weighted by Gasteiger charge is -2.08. The van der Waals surface area contributed by atoms with E-state index in [2.05, 4.69) is 26.6 Å². The van der Waals surface area contributed by atoms with Crippen molar-refractivity contribution in [3.8, 4) is 5.75 Å². The molecule has 120 valence electrons. The molecule has 0 aromatic heterocycles. The molecule has 2 rings (SSSR count). The molecular weight excluding hydrogens is 380 g/mol. The van der Waals surface area contributed by atoms with E-state index >= 15 is 0 Å². The zero-order valence-electron chi connectivity index (χ0n) is 12.3. The van der Waals surface area contributed by atoms with E-state index in [1.54, 1.807) is 31.4 Å². The molecule has 23 heavy (non-hydrogen) atoms. The quantitative estimate of drug-likeness (QED) is 0.754. The summed E-state index contributed by atoms with van der Waals surface area (Å²) < 4.78 is 5.95. The number of carbonyl (C=O) groups excluding carboxylic acids is 2. The Kier molecular flexibility index (Phi) is 6.49. The number of anilines is 1. The Morgan fingerprint density at radius 2 is 1.83 bits per heavy atom. The predicted molar refractivity (Wildman–Crippen MR) is 95.0 cm³/mol. The molecule has 0 heterocycles. The maximum Gasteiger partial charge on any atom is 0.325 e. The number of methoxy groups -OCH3 is 1. The second kappa shape index (κ2) is 8.59. The summed E-state index contributed by atoms with van der Waals surface area (Å²) in [5.41, 5.74) is 0.578. The maximum atomic E-state index is 11.8. The van der Waals surface area contributed by atoms with Gasteiger partial charge in [0.05, 0.1) is 12.9 Å². The molecule has 0 aliphatic rings. The second-order valence-electron chi connectivity index (χ2n) is 4.45. The van der Waals surface area contributed by atoms with Crippen LogP contribution in [0.25, 0.3) is 0 Å². The molecule has 2 N–H and O–H groups in total. The van der Waals surface area contributed by atoms with Crippen molar-refractivity contribution < 1.29 is 14.3 Å². The molecule has 3 amide bonds. The summed E-state index contributed by atoms with van der Waals surface area (Å²) in [6.45, 7) is 0. The second-order valence-corrected chi connectivity index (χ2v) is 6.32. The van der Waals surface area contributed by atoms with E-state index in [9.17, 15) is 9.59 Å². The average Bonchev–Trinajstić information content (AvgIpc) is 2.54. The monoisotopic (exact) mass is 394 g/mol. The van der Waals surface area contributed by atoms with Gasteiger partial charge in [-0.05, 0) is 52.3 Å². The number of hydrogen-bond acceptors (Lipinski definition) is 4. The van der Waals surface area contributed by atoms with Crippen LogP contribution in [-0.2, 0) is 4.79 Å². The first-order valence-electron chi connectivity index (χ1n) is 6.70. The van der Waals surface area contributed by atoms with Crippen molar-refractivity contribution in [2.75, 3.05) is 18.2 Å². The molecule has 0 spiro atoms. The van der Waals surface area contributed by atoms with Crippen molar-refractivity contribution in [2.45, 2.75) is 4.90 Å². The number of rotatable bonds is 5. The minimum atomic E-state index is -0.562. The van der Waals surface area contributed by atoms with Crippen molar-refractivity contribution in [3.05, 3.63) is 53.0 Å². The molecule has 0 radical (unpaired) electrons. The number of imide groups is 1. The van der Waals surface area contributed by atoms with Gasteiger partial charge in [0, 0.05) is 15.1 Å². The Labute approximate surface area is 146 Å². The minimum Gasteiger partial charge on any atom is -0.497 e. The van der Waals surface area contributed by atoms with E-state index in [1.807, 2.05) is 24.3 Å². The molecule has 0 unspecified atom stereocenters. The molecule has 2 aromatic carbocycles. The third kappa shape index (κ3) is 5.61. The number of amides is 3. The lowest BCUT2D eigenvalue weighted by atomic mass is 10.3. The van der Waals surface area contributed by atoms with E-state index in [-0.39, 0.29) is 11.7 Å². The van der Waals surface area contributed by atoms with E-state index in [4.69, 9.17) is 4.74 Å². The summed E-state index contributed by atoms with van der Waals surface area (Å²) in [5, 5.41) is 4.88. The van der Waals surface area contributed by atoms with E-state index in [1.165, 1.54) is 11.8 Å². The fourth-order valence-electron chi connectivity index (χ4n) is 1.70. The summed E-state index contributed by atoms with van der Waals surface area (Å²) in [6, 6.07) is 13.9. The van der Waals surface area contributed by atoms with Crippen molar-refractivity contribution in [3.63, 3.8) is 0 Å². The maximum absolute atomic E-state index is 11.8. The smallest absolute Gasteiger partial charge is 0.325 e. The van der Waals surface area contributed by atoms with Crippen LogP contribution >= 0.6 is 27.7 Å². The first-order chi connectivity index (χ1) is 11.1. The Hall–Kier alpha value is -1.99. The SMILES string of the molecule is COc1ccc(NC(=O)NC(=O)CSc2ccccc2Br)cc1. The van der Waals surface area contributed by atoms with Crippen LogP contribution in [0.15, 0.2) is 57.9 Å². The zero-order chi connectivity index (χ0) is 16.7. The fraction of sp³-hybridized carbons (Fsp3) is 0.125. The van der Waals surface area contributed by atoms with Crippen molar-refractivity contribution in [1.29, 1.82) is 0 Å². The Bertz CT molecular complexity index is 692. The number of benzene rings is 2. The molecule has 0 saturated carbocycles. The number of ether oxygens (including phenoxy) is 1. The number of urea groups is 1. The van der Waals surface area contributed by atoms with E-state index in [0.717, 1.165) is 9.37 Å². The normalized spacial score (nSPS) is 10.0. The number of nitrogens with one attached hydrogen (secondary N) is 2. The van der Waals surface area contributed by atoms with Gasteiger partial charge in [-0.3, -0.25) is 10.1 Å². The van der Waals surface area contributed by atoms with Crippen LogP contribution in [0, 0.1) is 0 Å². The molecule has 2 aromatic rings. The molecule has 0 saturated heterocycles. The lowest BCUT2D eigenvalue weighted by Crippen LogP contribution is -2.35. The minimum absolute atomic E-state index is 0.151. The van der Waals surface area contributed by atoms with Gasteiger partial charge in [0.2, 0.25) is 5.91 Å². The number of carbonyl (C=O) groups is 2. The van der Waals surface area contributed by atoms with Gasteiger partial charge in [0.1, 0.15) is 5.75 Å². The Balaban J connectivity index is 1.80. The molecule has 0 atom stereocenters. The van der Waals surface area contributed by atoms with Gasteiger partial charge in [0.25, 0.3) is 0 Å². The topological polar surface area (TPSA) is 67.4 Å². The van der Waals surface area contributed by atoms with Gasteiger partial charge < -0.3 is 10.1 Å². The number of hydrogen-bond donors (Lipinski definition) is 2. The van der Waals surface area contributed by atoms with Crippen LogP contribution in [-0.4, -0.2) is 24.8 Å². The van der Waals surface area contributed by atoms with Gasteiger partial charge in [-0.1, -0.05) is 12.1 Å². The van der Waals surface area contributed by atoms with Crippen LogP contribution in [0.5, 0.6) is 5.75 Å². The van der Waals surface area contributed by atoms with Gasteiger partial charge in [-0.25, -0.2) is 4.79 Å². The van der Waals surface area contributed by atoms with E-state index < -0.39 is 6.03 Å². The molecule has 7 heteroatoms. The van der Waals surface area contributed by atoms with Gasteiger partial charge in [-0.2, -0.15) is 0 Å². The molecule has 0 aliphatic carbocycles. The zero-order valence-corrected chi connectivity index (χ0v) is 14.7. The summed E-state index contributed by atoms with van der Waals surface area (Å²) in [7, 11) is 1.57. The molecule has 5 nitrogen and oxygen atoms in total. The van der Waals surface area contributed by atoms with Crippen molar-refractivity contribution >= 4 is 45.3 Å². The Morgan fingerprint density at radius 1 is 1.13 bits per heavy atom. The molecular formula is C16H15BrN2O3S. The lowest BCUT2D eigenvalue weighted by molar-refractivity contribution is -0.117. The van der Waals surface area contributed by atoms with Gasteiger partial charge in [-0.15, -0.1) is 11.8 Å². The number of thioether (sulfide) groups is 1. The van der Waals surface area contributed by atoms with Crippen LogP contribution in [0.3, 0.4) is 0 Å². The summed E-state index contributed by atoms with van der Waals surface area (Å²) in [6.07, 6.45) is 0. The van der Waals surface area contributed by atoms with E-state index in [0.29, 0.717) is 11.4 Å². The summed E-state index contributed by atoms with van der Waals surface area (Å²) in [5.74, 6) is 0.479. The first-order valence-corrected chi connectivity index (χ1v) is 8.48. The molecule has 0 bridgehead atoms. The van der Waals surface area contributed by atoms with Crippen LogP contribution in [0.2, 0.25) is 0 Å². The fourth-order valence-corrected chi connectivity index (χ4v) is 3.07. The summed E-state index contributed by atoms with van der Waals surface area (Å²) >= 11 is 4.76. The predicted octanol–water partition coefficient (Wildman–Crippen LogP) is 3.90. The highest BCUT2D eigenvalue weighted by Gasteiger charge is 2.09. The third-order valence-corrected chi connectivity index (χ3v) is 4.82. The van der Waals surface area contributed by atoms with Gasteiger partial charge in [0.15, 0.2) is 0 Å². The van der Waals surface area contributed by atoms with Gasteiger partial charge >= 0.3 is 6.03 Å². The Morgan fingerprint density at radius 3 is 2.48 bits per heavy atom. The van der Waals surface area contributed by atoms with Crippen LogP contribution in [0.1, 0.15) is 0 Å². The largest absolute Gasteiger partial charge is 0.497 e. The number of halogens is 1. The van der Waals surface area contributed by atoms with Crippen LogP contribution in [0.4, 0.5) is 10.5 Å². The average molecular weight is 395 g/mol. The standard InChI is InChI=1S/C16H15BrN2O3S/c1-22-12-8-6-11(7-9-12)18-16(21)19-15(20)10-23-14-5-3-2-4-13(14)17/h2-9H,10H2,1H3,(H2,18,19,20,21). The highest BCUT2D eigenvalue weighted by Crippen LogP contribution is 2.26. The highest BCUT2D eigenvalue weighted by molar-refractivity contribution is 9.10. The summed E-state index contributed by atoms with van der Waals surface area (Å²) in [4.78, 5) is 24.5. The first kappa shape index (κ1) is 17.4.